The minimum Gasteiger partial charge on any atom is -0.399 e. The van der Waals surface area contributed by atoms with Crippen LogP contribution in [0, 0.1) is 5.82 Å². The van der Waals surface area contributed by atoms with Gasteiger partial charge in [-0.05, 0) is 30.3 Å². The Bertz CT molecular complexity index is 673. The van der Waals surface area contributed by atoms with Crippen molar-refractivity contribution in [2.24, 2.45) is 0 Å². The summed E-state index contributed by atoms with van der Waals surface area (Å²) in [5, 5.41) is 0. The van der Waals surface area contributed by atoms with Crippen LogP contribution in [0.1, 0.15) is 0 Å². The molecule has 0 atom stereocenters. The van der Waals surface area contributed by atoms with Gasteiger partial charge in [0.25, 0.3) is 0 Å². The van der Waals surface area contributed by atoms with Crippen molar-refractivity contribution in [3.05, 3.63) is 42.3 Å². The van der Waals surface area contributed by atoms with Gasteiger partial charge in [0.05, 0.1) is 17.2 Å². The SMILES string of the molecule is Nc1ccc2nc(-c3ccc(F)cn3)[nH]c2c1. The van der Waals surface area contributed by atoms with Crippen molar-refractivity contribution in [3.8, 4) is 11.5 Å². The fourth-order valence-corrected chi connectivity index (χ4v) is 1.66. The minimum absolute atomic E-state index is 0.367. The third kappa shape index (κ3) is 1.71. The van der Waals surface area contributed by atoms with Crippen LogP contribution in [0.25, 0.3) is 22.6 Å². The van der Waals surface area contributed by atoms with E-state index in [0.717, 1.165) is 17.2 Å². The molecule has 5 heteroatoms. The number of anilines is 1. The molecule has 3 rings (SSSR count). The number of imidazole rings is 1. The van der Waals surface area contributed by atoms with Crippen LogP contribution in [0.3, 0.4) is 0 Å². The summed E-state index contributed by atoms with van der Waals surface area (Å²) in [6, 6.07) is 8.34. The summed E-state index contributed by atoms with van der Waals surface area (Å²) < 4.78 is 12.8. The van der Waals surface area contributed by atoms with Crippen LogP contribution in [-0.4, -0.2) is 15.0 Å². The Balaban J connectivity index is 2.14. The topological polar surface area (TPSA) is 67.6 Å². The molecule has 3 aromatic rings. The number of H-pyrrole nitrogens is 1. The molecule has 0 fully saturated rings. The summed E-state index contributed by atoms with van der Waals surface area (Å²) in [6.07, 6.45) is 1.16. The summed E-state index contributed by atoms with van der Waals surface area (Å²) in [4.78, 5) is 11.4. The molecule has 3 N–H and O–H groups in total. The van der Waals surface area contributed by atoms with E-state index in [1.54, 1.807) is 18.2 Å². The van der Waals surface area contributed by atoms with Gasteiger partial charge in [0.1, 0.15) is 11.5 Å². The molecular weight excluding hydrogens is 219 g/mol. The van der Waals surface area contributed by atoms with E-state index in [1.165, 1.54) is 6.07 Å². The molecule has 0 bridgehead atoms. The monoisotopic (exact) mass is 228 g/mol. The van der Waals surface area contributed by atoms with E-state index >= 15 is 0 Å². The Morgan fingerprint density at radius 3 is 2.82 bits per heavy atom. The van der Waals surface area contributed by atoms with E-state index in [4.69, 9.17) is 5.73 Å². The number of nitrogen functional groups attached to an aromatic ring is 1. The van der Waals surface area contributed by atoms with Gasteiger partial charge in [0.2, 0.25) is 0 Å². The Hall–Kier alpha value is -2.43. The molecule has 0 amide bonds. The maximum absolute atomic E-state index is 12.8. The average Bonchev–Trinajstić information content (AvgIpc) is 2.72. The number of nitrogens with one attached hydrogen (secondary N) is 1. The highest BCUT2D eigenvalue weighted by Crippen LogP contribution is 2.20. The van der Waals surface area contributed by atoms with E-state index in [2.05, 4.69) is 15.0 Å². The van der Waals surface area contributed by atoms with Crippen LogP contribution in [0.5, 0.6) is 0 Å². The second-order valence-corrected chi connectivity index (χ2v) is 3.72. The molecule has 0 unspecified atom stereocenters. The summed E-state index contributed by atoms with van der Waals surface area (Å²) in [5.74, 6) is 0.236. The van der Waals surface area contributed by atoms with E-state index in [0.29, 0.717) is 17.2 Å². The Morgan fingerprint density at radius 1 is 1.18 bits per heavy atom. The van der Waals surface area contributed by atoms with Crippen LogP contribution in [-0.2, 0) is 0 Å². The molecule has 0 radical (unpaired) electrons. The van der Waals surface area contributed by atoms with Gasteiger partial charge in [0.15, 0.2) is 5.82 Å². The van der Waals surface area contributed by atoms with Crippen molar-refractivity contribution in [2.45, 2.75) is 0 Å². The first-order chi connectivity index (χ1) is 8.22. The Labute approximate surface area is 96.3 Å². The van der Waals surface area contributed by atoms with Crippen molar-refractivity contribution >= 4 is 16.7 Å². The van der Waals surface area contributed by atoms with Gasteiger partial charge in [-0.25, -0.2) is 14.4 Å². The molecule has 0 spiro atoms. The van der Waals surface area contributed by atoms with Crippen LogP contribution >= 0.6 is 0 Å². The fraction of sp³-hybridized carbons (Fsp3) is 0. The number of aromatic amines is 1. The molecule has 0 aliphatic carbocycles. The van der Waals surface area contributed by atoms with E-state index in [1.807, 2.05) is 6.07 Å². The predicted molar refractivity (Wildman–Crippen MR) is 63.7 cm³/mol. The molecule has 2 aromatic heterocycles. The fourth-order valence-electron chi connectivity index (χ4n) is 1.66. The lowest BCUT2D eigenvalue weighted by Crippen LogP contribution is -1.85. The highest BCUT2D eigenvalue weighted by Gasteiger charge is 2.06. The van der Waals surface area contributed by atoms with Gasteiger partial charge in [0, 0.05) is 5.69 Å². The third-order valence-electron chi connectivity index (χ3n) is 2.48. The van der Waals surface area contributed by atoms with Crippen LogP contribution < -0.4 is 5.73 Å². The standard InChI is InChI=1S/C12H9FN4/c13-7-1-3-10(15-6-7)12-16-9-4-2-8(14)5-11(9)17-12/h1-6H,14H2,(H,16,17). The van der Waals surface area contributed by atoms with Crippen LogP contribution in [0.2, 0.25) is 0 Å². The number of fused-ring (bicyclic) bond motifs is 1. The molecule has 2 heterocycles. The van der Waals surface area contributed by atoms with Gasteiger partial charge in [-0.15, -0.1) is 0 Å². The number of aromatic nitrogens is 3. The number of halogens is 1. The summed E-state index contributed by atoms with van der Waals surface area (Å²) in [6.45, 7) is 0. The number of rotatable bonds is 1. The highest BCUT2D eigenvalue weighted by atomic mass is 19.1. The molecule has 4 nitrogen and oxygen atoms in total. The number of hydrogen-bond donors (Lipinski definition) is 2. The first-order valence-corrected chi connectivity index (χ1v) is 5.09. The van der Waals surface area contributed by atoms with Gasteiger partial charge in [-0.1, -0.05) is 0 Å². The van der Waals surface area contributed by atoms with Crippen molar-refractivity contribution in [2.75, 3.05) is 5.73 Å². The maximum Gasteiger partial charge on any atom is 0.157 e. The van der Waals surface area contributed by atoms with Gasteiger partial charge >= 0.3 is 0 Å². The molecular formula is C12H9FN4. The largest absolute Gasteiger partial charge is 0.399 e. The Morgan fingerprint density at radius 2 is 2.06 bits per heavy atom. The number of benzene rings is 1. The lowest BCUT2D eigenvalue weighted by Gasteiger charge is -1.93. The summed E-state index contributed by atoms with van der Waals surface area (Å²) in [7, 11) is 0. The van der Waals surface area contributed by atoms with Gasteiger partial charge in [-0.2, -0.15) is 0 Å². The molecule has 0 aliphatic rings. The summed E-state index contributed by atoms with van der Waals surface area (Å²) >= 11 is 0. The number of nitrogens with zero attached hydrogens (tertiary/aromatic N) is 2. The lowest BCUT2D eigenvalue weighted by molar-refractivity contribution is 0.621. The normalized spacial score (nSPS) is 10.9. The quantitative estimate of drug-likeness (QED) is 0.628. The van der Waals surface area contributed by atoms with Crippen molar-refractivity contribution in [1.29, 1.82) is 0 Å². The molecule has 84 valence electrons. The van der Waals surface area contributed by atoms with E-state index < -0.39 is 0 Å². The second kappa shape index (κ2) is 3.55. The molecule has 0 aliphatic heterocycles. The molecule has 0 saturated heterocycles. The molecule has 17 heavy (non-hydrogen) atoms. The van der Waals surface area contributed by atoms with Gasteiger partial charge in [-0.3, -0.25) is 0 Å². The minimum atomic E-state index is -0.367. The Kier molecular flexibility index (Phi) is 2.04. The zero-order valence-electron chi connectivity index (χ0n) is 8.81. The van der Waals surface area contributed by atoms with E-state index in [9.17, 15) is 4.39 Å². The smallest absolute Gasteiger partial charge is 0.157 e. The average molecular weight is 228 g/mol. The molecule has 0 saturated carbocycles. The molecule has 1 aromatic carbocycles. The summed E-state index contributed by atoms with van der Waals surface area (Å²) in [5.41, 5.74) is 8.59. The lowest BCUT2D eigenvalue weighted by atomic mass is 10.3. The number of nitrogens with two attached hydrogens (primary N) is 1. The van der Waals surface area contributed by atoms with Gasteiger partial charge < -0.3 is 10.7 Å². The van der Waals surface area contributed by atoms with Crippen molar-refractivity contribution in [1.82, 2.24) is 15.0 Å². The zero-order chi connectivity index (χ0) is 11.8. The second-order valence-electron chi connectivity index (χ2n) is 3.72. The van der Waals surface area contributed by atoms with Crippen LogP contribution in [0.4, 0.5) is 10.1 Å². The zero-order valence-corrected chi connectivity index (χ0v) is 8.81. The third-order valence-corrected chi connectivity index (χ3v) is 2.48. The first kappa shape index (κ1) is 9.77. The maximum atomic E-state index is 12.8. The van der Waals surface area contributed by atoms with E-state index in [-0.39, 0.29) is 5.82 Å². The first-order valence-electron chi connectivity index (χ1n) is 5.09. The van der Waals surface area contributed by atoms with Crippen molar-refractivity contribution < 1.29 is 4.39 Å². The number of pyridine rings is 1. The number of hydrogen-bond acceptors (Lipinski definition) is 3. The van der Waals surface area contributed by atoms with Crippen molar-refractivity contribution in [3.63, 3.8) is 0 Å². The highest BCUT2D eigenvalue weighted by molar-refractivity contribution is 5.81. The van der Waals surface area contributed by atoms with Crippen LogP contribution in [0.15, 0.2) is 36.5 Å². The predicted octanol–water partition coefficient (Wildman–Crippen LogP) is 2.35.